The molecule has 0 saturated carbocycles. The molecule has 32 heavy (non-hydrogen) atoms. The van der Waals surface area contributed by atoms with E-state index in [1.54, 1.807) is 33.1 Å². The van der Waals surface area contributed by atoms with E-state index in [4.69, 9.17) is 24.7 Å². The number of methoxy groups -OCH3 is 1. The molecule has 0 radical (unpaired) electrons. The lowest BCUT2D eigenvalue weighted by Crippen LogP contribution is -2.27. The van der Waals surface area contributed by atoms with Gasteiger partial charge in [-0.05, 0) is 30.9 Å². The fourth-order valence-electron chi connectivity index (χ4n) is 3.76. The first-order chi connectivity index (χ1) is 15.5. The third-order valence-electron chi connectivity index (χ3n) is 5.05. The molecule has 1 aliphatic heterocycles. The minimum atomic E-state index is -0.895. The van der Waals surface area contributed by atoms with E-state index in [1.807, 2.05) is 24.3 Å². The molecule has 8 nitrogen and oxygen atoms in total. The molecular formula is C24H24N2O6. The monoisotopic (exact) mass is 436 g/mol. The van der Waals surface area contributed by atoms with Crippen LogP contribution in [0.25, 0.3) is 10.8 Å². The first-order valence-electron chi connectivity index (χ1n) is 10.2. The maximum Gasteiger partial charge on any atom is 0.338 e. The molecule has 2 N–H and O–H groups in total. The number of rotatable bonds is 7. The Bertz CT molecular complexity index is 1160. The molecule has 0 spiro atoms. The molecule has 1 atom stereocenters. The van der Waals surface area contributed by atoms with Gasteiger partial charge in [0.15, 0.2) is 0 Å². The maximum absolute atomic E-state index is 13.0. The minimum Gasteiger partial charge on any atom is -0.496 e. The Morgan fingerprint density at radius 1 is 1.09 bits per heavy atom. The zero-order chi connectivity index (χ0) is 23.3. The Morgan fingerprint density at radius 3 is 2.41 bits per heavy atom. The Morgan fingerprint density at radius 2 is 1.78 bits per heavy atom. The fraction of sp³-hybridized carbons (Fsp3) is 0.292. The van der Waals surface area contributed by atoms with E-state index in [9.17, 15) is 14.9 Å². The average molecular weight is 436 g/mol. The zero-order valence-corrected chi connectivity index (χ0v) is 18.1. The highest BCUT2D eigenvalue weighted by molar-refractivity contribution is 5.97. The summed E-state index contributed by atoms with van der Waals surface area (Å²) >= 11 is 0. The van der Waals surface area contributed by atoms with E-state index in [0.717, 1.165) is 10.8 Å². The molecule has 3 rings (SSSR count). The van der Waals surface area contributed by atoms with Crippen molar-refractivity contribution < 1.29 is 28.5 Å². The van der Waals surface area contributed by atoms with Gasteiger partial charge in [-0.25, -0.2) is 4.79 Å². The van der Waals surface area contributed by atoms with Crippen LogP contribution in [0.5, 0.6) is 5.75 Å². The van der Waals surface area contributed by atoms with Gasteiger partial charge >= 0.3 is 11.9 Å². The van der Waals surface area contributed by atoms with Gasteiger partial charge in [0.1, 0.15) is 29.6 Å². The predicted octanol–water partition coefficient (Wildman–Crippen LogP) is 3.43. The molecule has 0 unspecified atom stereocenters. The maximum atomic E-state index is 13.0. The summed E-state index contributed by atoms with van der Waals surface area (Å²) in [5.74, 6) is -1.71. The van der Waals surface area contributed by atoms with Crippen LogP contribution in [0.15, 0.2) is 59.2 Å². The van der Waals surface area contributed by atoms with Crippen LogP contribution in [0.2, 0.25) is 0 Å². The van der Waals surface area contributed by atoms with Crippen LogP contribution in [0.1, 0.15) is 31.7 Å². The fourth-order valence-corrected chi connectivity index (χ4v) is 3.76. The predicted molar refractivity (Wildman–Crippen MR) is 116 cm³/mol. The number of esters is 2. The molecule has 2 aromatic carbocycles. The van der Waals surface area contributed by atoms with Crippen molar-refractivity contribution in [1.29, 1.82) is 5.26 Å². The number of hydrogen-bond acceptors (Lipinski definition) is 8. The summed E-state index contributed by atoms with van der Waals surface area (Å²) in [5.41, 5.74) is 6.79. The van der Waals surface area contributed by atoms with Gasteiger partial charge in [-0.3, -0.25) is 4.79 Å². The topological polar surface area (TPSA) is 121 Å². The first kappa shape index (κ1) is 22.7. The summed E-state index contributed by atoms with van der Waals surface area (Å²) in [6.07, 6.45) is -0.327. The second-order valence-corrected chi connectivity index (χ2v) is 6.87. The lowest BCUT2D eigenvalue weighted by molar-refractivity contribution is -0.143. The normalized spacial score (nSPS) is 15.8. The van der Waals surface area contributed by atoms with Crippen molar-refractivity contribution in [3.05, 3.63) is 64.8 Å². The number of nitriles is 1. The van der Waals surface area contributed by atoms with E-state index in [-0.39, 0.29) is 42.4 Å². The smallest absolute Gasteiger partial charge is 0.338 e. The summed E-state index contributed by atoms with van der Waals surface area (Å²) in [7, 11) is 1.57. The van der Waals surface area contributed by atoms with Gasteiger partial charge < -0.3 is 24.7 Å². The average Bonchev–Trinajstić information content (AvgIpc) is 2.78. The van der Waals surface area contributed by atoms with Gasteiger partial charge in [0.05, 0.1) is 31.8 Å². The summed E-state index contributed by atoms with van der Waals surface area (Å²) < 4.78 is 21.3. The molecule has 0 amide bonds. The Labute approximate surface area is 185 Å². The molecule has 0 aromatic heterocycles. The van der Waals surface area contributed by atoms with Crippen molar-refractivity contribution >= 4 is 22.7 Å². The third-order valence-corrected chi connectivity index (χ3v) is 5.05. The van der Waals surface area contributed by atoms with Gasteiger partial charge in [0.2, 0.25) is 5.88 Å². The molecule has 8 heteroatoms. The molecule has 1 heterocycles. The van der Waals surface area contributed by atoms with Gasteiger partial charge in [-0.2, -0.15) is 5.26 Å². The Hall–Kier alpha value is -3.99. The zero-order valence-electron chi connectivity index (χ0n) is 18.1. The first-order valence-corrected chi connectivity index (χ1v) is 10.2. The number of hydrogen-bond donors (Lipinski definition) is 1. The van der Waals surface area contributed by atoms with Crippen molar-refractivity contribution in [3.8, 4) is 11.8 Å². The third kappa shape index (κ3) is 4.23. The molecule has 0 bridgehead atoms. The second-order valence-electron chi connectivity index (χ2n) is 6.87. The van der Waals surface area contributed by atoms with Crippen LogP contribution in [-0.4, -0.2) is 32.3 Å². The van der Waals surface area contributed by atoms with Crippen LogP contribution in [0.4, 0.5) is 0 Å². The number of carbonyl (C=O) groups is 2. The van der Waals surface area contributed by atoms with Crippen LogP contribution < -0.4 is 10.5 Å². The van der Waals surface area contributed by atoms with E-state index in [1.165, 1.54) is 0 Å². The van der Waals surface area contributed by atoms with Crippen molar-refractivity contribution in [2.24, 2.45) is 5.73 Å². The highest BCUT2D eigenvalue weighted by Gasteiger charge is 2.39. The molecule has 0 saturated heterocycles. The van der Waals surface area contributed by atoms with Crippen LogP contribution in [-0.2, 0) is 23.8 Å². The van der Waals surface area contributed by atoms with Gasteiger partial charge in [0.25, 0.3) is 0 Å². The van der Waals surface area contributed by atoms with Gasteiger partial charge in [-0.1, -0.05) is 30.3 Å². The number of allylic oxidation sites excluding steroid dienone is 1. The Kier molecular flexibility index (Phi) is 7.00. The second kappa shape index (κ2) is 9.88. The molecule has 0 aliphatic carbocycles. The molecule has 2 aromatic rings. The molecule has 1 aliphatic rings. The molecule has 0 fully saturated rings. The van der Waals surface area contributed by atoms with Crippen molar-refractivity contribution in [2.45, 2.75) is 26.2 Å². The van der Waals surface area contributed by atoms with Crippen LogP contribution in [0.3, 0.4) is 0 Å². The highest BCUT2D eigenvalue weighted by atomic mass is 16.5. The number of nitrogens with zero attached hydrogens (tertiary/aromatic N) is 1. The van der Waals surface area contributed by atoms with Crippen molar-refractivity contribution in [2.75, 3.05) is 20.3 Å². The van der Waals surface area contributed by atoms with E-state index in [0.29, 0.717) is 11.3 Å². The minimum absolute atomic E-state index is 0.00305. The lowest BCUT2D eigenvalue weighted by Gasteiger charge is -2.28. The number of carbonyl (C=O) groups excluding carboxylic acids is 2. The highest BCUT2D eigenvalue weighted by Crippen LogP contribution is 2.44. The summed E-state index contributed by atoms with van der Waals surface area (Å²) in [4.78, 5) is 25.3. The standard InChI is InChI=1S/C24H24N2O6/c1-4-30-20(27)12-19-22(24(28)31-5-2)21(17(13-25)23(26)32-19)16-10-11-18(29-3)15-9-7-6-8-14(15)16/h6-11,21H,4-5,12,26H2,1-3H3/t21-/m1/s1. The van der Waals surface area contributed by atoms with Gasteiger partial charge in [-0.15, -0.1) is 0 Å². The number of benzene rings is 2. The van der Waals surface area contributed by atoms with E-state index in [2.05, 4.69) is 6.07 Å². The summed E-state index contributed by atoms with van der Waals surface area (Å²) in [6.45, 7) is 3.61. The van der Waals surface area contributed by atoms with E-state index >= 15 is 0 Å². The lowest BCUT2D eigenvalue weighted by atomic mass is 9.80. The number of nitrogens with two attached hydrogens (primary N) is 1. The van der Waals surface area contributed by atoms with Crippen LogP contribution in [0, 0.1) is 11.3 Å². The van der Waals surface area contributed by atoms with Gasteiger partial charge in [0, 0.05) is 5.39 Å². The molecule has 166 valence electrons. The summed E-state index contributed by atoms with van der Waals surface area (Å²) in [6, 6.07) is 13.0. The Balaban J connectivity index is 2.30. The van der Waals surface area contributed by atoms with Crippen molar-refractivity contribution in [3.63, 3.8) is 0 Å². The van der Waals surface area contributed by atoms with Crippen LogP contribution >= 0.6 is 0 Å². The van der Waals surface area contributed by atoms with Crippen molar-refractivity contribution in [1.82, 2.24) is 0 Å². The molecular weight excluding hydrogens is 412 g/mol. The van der Waals surface area contributed by atoms with E-state index < -0.39 is 17.9 Å². The number of ether oxygens (including phenoxy) is 4. The number of fused-ring (bicyclic) bond motifs is 1. The largest absolute Gasteiger partial charge is 0.496 e. The SMILES string of the molecule is CCOC(=O)CC1=C(C(=O)OCC)[C@H](c2ccc(OC)c3ccccc23)C(C#N)=C(N)O1. The summed E-state index contributed by atoms with van der Waals surface area (Å²) in [5, 5.41) is 11.4. The quantitative estimate of drug-likeness (QED) is 0.656.